The summed E-state index contributed by atoms with van der Waals surface area (Å²) in [4.78, 5) is 10.6. The second-order valence-corrected chi connectivity index (χ2v) is 12.7. The third-order valence-corrected chi connectivity index (χ3v) is 9.26. The van der Waals surface area contributed by atoms with Crippen molar-refractivity contribution < 1.29 is 27.0 Å². The molecule has 0 amide bonds. The molecular weight excluding hydrogens is 574 g/mol. The molecule has 0 bridgehead atoms. The van der Waals surface area contributed by atoms with Crippen LogP contribution in [-0.4, -0.2) is 64.6 Å². The second kappa shape index (κ2) is 11.1. The van der Waals surface area contributed by atoms with Crippen LogP contribution in [0.15, 0.2) is 90.2 Å². The number of benzene rings is 2. The molecule has 1 aliphatic heterocycles. The summed E-state index contributed by atoms with van der Waals surface area (Å²) < 4.78 is 61.8. The Kier molecular flexibility index (Phi) is 7.49. The molecule has 0 saturated carbocycles. The van der Waals surface area contributed by atoms with Gasteiger partial charge in [0.1, 0.15) is 0 Å². The fourth-order valence-electron chi connectivity index (χ4n) is 5.48. The van der Waals surface area contributed by atoms with Crippen LogP contribution < -0.4 is 4.74 Å². The molecule has 1 N–H and O–H groups in total. The van der Waals surface area contributed by atoms with Gasteiger partial charge in [0, 0.05) is 66.2 Å². The molecule has 2 aromatic carbocycles. The molecule has 0 aliphatic carbocycles. The average molecular weight is 605 g/mol. The maximum atomic E-state index is 13.9. The van der Waals surface area contributed by atoms with Crippen LogP contribution in [0, 0.1) is 6.92 Å². The van der Waals surface area contributed by atoms with Crippen molar-refractivity contribution in [3.05, 3.63) is 96.4 Å². The number of piperidine rings is 1. The predicted molar refractivity (Wildman–Crippen MR) is 160 cm³/mol. The number of rotatable bonds is 7. The number of pyridine rings is 2. The number of hydrogen-bond acceptors (Lipinski definition) is 7. The smallest absolute Gasteiger partial charge is 0.269 e. The fourth-order valence-corrected chi connectivity index (χ4v) is 6.80. The number of β-amino-alcohol motifs (C(OH)–C–C–N with tert-alkyl or cyclic N) is 1. The van der Waals surface area contributed by atoms with Crippen molar-refractivity contribution in [2.75, 3.05) is 20.2 Å². The molecule has 1 saturated heterocycles. The van der Waals surface area contributed by atoms with Gasteiger partial charge in [-0.25, -0.2) is 31.1 Å². The molecule has 3 aromatic heterocycles. The highest BCUT2D eigenvalue weighted by molar-refractivity contribution is 7.90. The zero-order chi connectivity index (χ0) is 30.4. The Bertz CT molecular complexity index is 1870. The number of aliphatic hydroxyl groups excluding tert-OH is 1. The maximum absolute atomic E-state index is 13.9. The number of aliphatic hydroxyl groups is 1. The van der Waals surface area contributed by atoms with Gasteiger partial charge in [-0.05, 0) is 42.3 Å². The molecule has 11 heteroatoms. The number of fused-ring (bicyclic) bond motifs is 1. The summed E-state index contributed by atoms with van der Waals surface area (Å²) in [7, 11) is -2.44. The van der Waals surface area contributed by atoms with Gasteiger partial charge in [-0.2, -0.15) is 0 Å². The van der Waals surface area contributed by atoms with Gasteiger partial charge in [-0.1, -0.05) is 42.0 Å². The van der Waals surface area contributed by atoms with Crippen molar-refractivity contribution in [2.24, 2.45) is 0 Å². The topological polar surface area (TPSA) is 97.5 Å². The number of likely N-dealkylation sites (tertiary alicyclic amines) is 1. The molecule has 0 radical (unpaired) electrons. The van der Waals surface area contributed by atoms with Crippen molar-refractivity contribution in [1.82, 2.24) is 18.8 Å². The van der Waals surface area contributed by atoms with Gasteiger partial charge in [0.2, 0.25) is 5.88 Å². The summed E-state index contributed by atoms with van der Waals surface area (Å²) in [5.41, 5.74) is 4.97. The Labute approximate surface area is 248 Å². The van der Waals surface area contributed by atoms with Crippen LogP contribution in [0.3, 0.4) is 0 Å². The van der Waals surface area contributed by atoms with Crippen LogP contribution in [0.25, 0.3) is 33.3 Å². The number of aryl methyl sites for hydroxylation is 1. The highest BCUT2D eigenvalue weighted by Gasteiger charge is 2.39. The molecule has 1 unspecified atom stereocenters. The fraction of sp³-hybridized carbons (Fsp3) is 0.250. The van der Waals surface area contributed by atoms with Crippen LogP contribution in [0.4, 0.5) is 8.78 Å². The lowest BCUT2D eigenvalue weighted by Gasteiger charge is -2.35. The molecule has 4 heterocycles. The summed E-state index contributed by atoms with van der Waals surface area (Å²) in [5.74, 6) is -2.49. The summed E-state index contributed by atoms with van der Waals surface area (Å²) in [5, 5.41) is 10.5. The third kappa shape index (κ3) is 5.88. The van der Waals surface area contributed by atoms with Gasteiger partial charge in [0.25, 0.3) is 15.9 Å². The van der Waals surface area contributed by atoms with Gasteiger partial charge in [-0.3, -0.25) is 4.90 Å². The standard InChI is InChI=1S/C32H30F2N4O4S/c1-21-3-10-27(11-4-21)43(40,41)38-19-29(24-9-12-30(42-2)35-15-24)28-13-25(16-36-31(28)38)23-7-5-22(6-8-23)17-37-18-26(39)14-32(33,34)20-37/h3-13,15-16,19,26,39H,14,17-18,20H2,1-2H3. The summed E-state index contributed by atoms with van der Waals surface area (Å²) in [6.07, 6.45) is 3.24. The molecule has 6 rings (SSSR count). The largest absolute Gasteiger partial charge is 0.481 e. The number of alkyl halides is 2. The monoisotopic (exact) mass is 604 g/mol. The first kappa shape index (κ1) is 28.9. The normalized spacial score (nSPS) is 17.3. The Morgan fingerprint density at radius 2 is 1.67 bits per heavy atom. The van der Waals surface area contributed by atoms with Crippen molar-refractivity contribution in [3.8, 4) is 28.1 Å². The van der Waals surface area contributed by atoms with E-state index in [4.69, 9.17) is 4.74 Å². The van der Waals surface area contributed by atoms with E-state index in [1.165, 1.54) is 11.1 Å². The number of methoxy groups -OCH3 is 1. The highest BCUT2D eigenvalue weighted by atomic mass is 32.2. The number of hydrogen-bond donors (Lipinski definition) is 1. The molecule has 0 spiro atoms. The zero-order valence-corrected chi connectivity index (χ0v) is 24.4. The molecule has 8 nitrogen and oxygen atoms in total. The van der Waals surface area contributed by atoms with Crippen LogP contribution in [0.2, 0.25) is 0 Å². The number of aromatic nitrogens is 3. The van der Waals surface area contributed by atoms with Crippen LogP contribution >= 0.6 is 0 Å². The van der Waals surface area contributed by atoms with E-state index in [0.717, 1.165) is 22.3 Å². The minimum atomic E-state index is -3.96. The molecule has 1 aliphatic rings. The first-order chi connectivity index (χ1) is 20.5. The number of ether oxygens (including phenoxy) is 1. The third-order valence-electron chi connectivity index (χ3n) is 7.60. The summed E-state index contributed by atoms with van der Waals surface area (Å²) >= 11 is 0. The Morgan fingerprint density at radius 1 is 0.977 bits per heavy atom. The second-order valence-electron chi connectivity index (χ2n) is 10.9. The van der Waals surface area contributed by atoms with Gasteiger partial charge >= 0.3 is 0 Å². The van der Waals surface area contributed by atoms with Crippen molar-refractivity contribution in [1.29, 1.82) is 0 Å². The van der Waals surface area contributed by atoms with E-state index in [1.807, 2.05) is 43.3 Å². The highest BCUT2D eigenvalue weighted by Crippen LogP contribution is 2.35. The Hall–Kier alpha value is -4.19. The van der Waals surface area contributed by atoms with Gasteiger partial charge < -0.3 is 9.84 Å². The average Bonchev–Trinajstić information content (AvgIpc) is 3.36. The van der Waals surface area contributed by atoms with E-state index in [9.17, 15) is 22.3 Å². The SMILES string of the molecule is COc1ccc(-c2cn(S(=O)(=O)c3ccc(C)cc3)c3ncc(-c4ccc(CN5CC(O)CC(F)(F)C5)cc4)cc23)cn1. The van der Waals surface area contributed by atoms with Gasteiger partial charge in [-0.15, -0.1) is 0 Å². The molecule has 1 fully saturated rings. The van der Waals surface area contributed by atoms with Crippen LogP contribution in [0.5, 0.6) is 5.88 Å². The van der Waals surface area contributed by atoms with Crippen molar-refractivity contribution in [3.63, 3.8) is 0 Å². The first-order valence-electron chi connectivity index (χ1n) is 13.7. The van der Waals surface area contributed by atoms with E-state index in [0.29, 0.717) is 28.9 Å². The molecule has 5 aromatic rings. The Morgan fingerprint density at radius 3 is 2.33 bits per heavy atom. The molecule has 222 valence electrons. The molecular formula is C32H30F2N4O4S. The van der Waals surface area contributed by atoms with E-state index >= 15 is 0 Å². The quantitative estimate of drug-likeness (QED) is 0.261. The predicted octanol–water partition coefficient (Wildman–Crippen LogP) is 5.52. The number of nitrogens with zero attached hydrogens (tertiary/aromatic N) is 4. The van der Waals surface area contributed by atoms with E-state index in [1.54, 1.807) is 53.8 Å². The summed E-state index contributed by atoms with van der Waals surface area (Å²) in [6, 6.07) is 19.5. The molecule has 43 heavy (non-hydrogen) atoms. The van der Waals surface area contributed by atoms with E-state index in [2.05, 4.69) is 9.97 Å². The zero-order valence-electron chi connectivity index (χ0n) is 23.6. The van der Waals surface area contributed by atoms with E-state index < -0.39 is 35.0 Å². The van der Waals surface area contributed by atoms with Crippen LogP contribution in [-0.2, 0) is 16.6 Å². The van der Waals surface area contributed by atoms with Gasteiger partial charge in [0.15, 0.2) is 5.65 Å². The first-order valence-corrected chi connectivity index (χ1v) is 15.2. The Balaban J connectivity index is 1.38. The summed E-state index contributed by atoms with van der Waals surface area (Å²) in [6.45, 7) is 1.99. The minimum absolute atomic E-state index is 0.148. The minimum Gasteiger partial charge on any atom is -0.481 e. The maximum Gasteiger partial charge on any atom is 0.269 e. The van der Waals surface area contributed by atoms with Crippen molar-refractivity contribution in [2.45, 2.75) is 36.8 Å². The number of halogens is 2. The lowest BCUT2D eigenvalue weighted by Crippen LogP contribution is -2.48. The molecule has 1 atom stereocenters. The lowest BCUT2D eigenvalue weighted by molar-refractivity contribution is -0.109. The van der Waals surface area contributed by atoms with Crippen LogP contribution in [0.1, 0.15) is 17.5 Å². The van der Waals surface area contributed by atoms with Crippen molar-refractivity contribution >= 4 is 21.1 Å². The lowest BCUT2D eigenvalue weighted by atomic mass is 10.0. The van der Waals surface area contributed by atoms with E-state index in [-0.39, 0.29) is 17.1 Å². The van der Waals surface area contributed by atoms with Gasteiger partial charge in [0.05, 0.1) is 24.7 Å².